The largest absolute Gasteiger partial charge is 0.360 e. The monoisotopic (exact) mass is 331 g/mol. The maximum atomic E-state index is 12.7. The zero-order valence-corrected chi connectivity index (χ0v) is 14.8. The normalized spacial score (nSPS) is 17.2. The van der Waals surface area contributed by atoms with E-state index in [0.29, 0.717) is 0 Å². The van der Waals surface area contributed by atoms with E-state index >= 15 is 0 Å². The molecular weight excluding hydrogens is 306 g/mol. The highest BCUT2D eigenvalue weighted by Gasteiger charge is 2.27. The molecule has 7 heteroatoms. The molecule has 0 N–H and O–H groups in total. The summed E-state index contributed by atoms with van der Waals surface area (Å²) in [5.41, 5.74) is 2.87. The van der Waals surface area contributed by atoms with Gasteiger partial charge in [-0.15, -0.1) is 0 Å². The molecule has 0 aliphatic carbocycles. The number of hydrogen-bond donors (Lipinski definition) is 0. The van der Waals surface area contributed by atoms with Crippen molar-refractivity contribution in [1.29, 1.82) is 0 Å². The summed E-state index contributed by atoms with van der Waals surface area (Å²) in [6.07, 6.45) is 0. The number of hydrogen-bond acceptors (Lipinski definition) is 5. The number of carbonyl (C=O) groups is 1. The van der Waals surface area contributed by atoms with Crippen LogP contribution in [-0.4, -0.2) is 56.8 Å². The SMILES string of the molecule is Cc1cc(CN2CCN(C(=O)[C@H](C)n3nc(C)cc3C)CC2)on1. The molecule has 0 radical (unpaired) electrons. The van der Waals surface area contributed by atoms with Crippen molar-refractivity contribution >= 4 is 5.91 Å². The Balaban J connectivity index is 1.56. The second-order valence-electron chi connectivity index (χ2n) is 6.58. The zero-order chi connectivity index (χ0) is 17.3. The van der Waals surface area contributed by atoms with Gasteiger partial charge in [0.1, 0.15) is 6.04 Å². The van der Waals surface area contributed by atoms with Crippen LogP contribution in [0.2, 0.25) is 0 Å². The number of nitrogens with zero attached hydrogens (tertiary/aromatic N) is 5. The summed E-state index contributed by atoms with van der Waals surface area (Å²) in [6.45, 7) is 11.7. The molecule has 1 amide bonds. The second kappa shape index (κ2) is 6.76. The lowest BCUT2D eigenvalue weighted by molar-refractivity contribution is -0.136. The van der Waals surface area contributed by atoms with Gasteiger partial charge in [-0.3, -0.25) is 14.4 Å². The third-order valence-corrected chi connectivity index (χ3v) is 4.51. The predicted octanol–water partition coefficient (Wildman–Crippen LogP) is 1.70. The summed E-state index contributed by atoms with van der Waals surface area (Å²) in [7, 11) is 0. The first kappa shape index (κ1) is 16.7. The summed E-state index contributed by atoms with van der Waals surface area (Å²) in [4.78, 5) is 17.0. The summed E-state index contributed by atoms with van der Waals surface area (Å²) in [5, 5.41) is 8.35. The van der Waals surface area contributed by atoms with Crippen LogP contribution in [0.4, 0.5) is 0 Å². The zero-order valence-electron chi connectivity index (χ0n) is 14.8. The molecular formula is C17H25N5O2. The number of aryl methyl sites for hydroxylation is 3. The topological polar surface area (TPSA) is 67.4 Å². The minimum atomic E-state index is -0.262. The van der Waals surface area contributed by atoms with Gasteiger partial charge in [0.25, 0.3) is 0 Å². The van der Waals surface area contributed by atoms with E-state index in [9.17, 15) is 4.79 Å². The van der Waals surface area contributed by atoms with Crippen LogP contribution < -0.4 is 0 Å². The standard InChI is InChI=1S/C17H25N5O2/c1-12-9-14(3)22(18-12)15(4)17(23)21-7-5-20(6-8-21)11-16-10-13(2)19-24-16/h9-10,15H,5-8,11H2,1-4H3/t15-/m0/s1. The third-order valence-electron chi connectivity index (χ3n) is 4.51. The average molecular weight is 331 g/mol. The fourth-order valence-electron chi connectivity index (χ4n) is 3.24. The molecule has 2 aromatic rings. The van der Waals surface area contributed by atoms with Crippen LogP contribution in [0.25, 0.3) is 0 Å². The molecule has 24 heavy (non-hydrogen) atoms. The van der Waals surface area contributed by atoms with Gasteiger partial charge in [0.05, 0.1) is 17.9 Å². The molecule has 1 aliphatic rings. The van der Waals surface area contributed by atoms with Gasteiger partial charge in [-0.05, 0) is 33.8 Å². The molecule has 1 fully saturated rings. The van der Waals surface area contributed by atoms with E-state index < -0.39 is 0 Å². The molecule has 3 heterocycles. The van der Waals surface area contributed by atoms with Crippen molar-refractivity contribution in [2.45, 2.75) is 40.3 Å². The van der Waals surface area contributed by atoms with Crippen molar-refractivity contribution in [3.8, 4) is 0 Å². The van der Waals surface area contributed by atoms with Crippen LogP contribution in [0.15, 0.2) is 16.7 Å². The molecule has 130 valence electrons. The smallest absolute Gasteiger partial charge is 0.247 e. The first-order valence-electron chi connectivity index (χ1n) is 8.40. The molecule has 0 saturated carbocycles. The van der Waals surface area contributed by atoms with Crippen LogP contribution in [0, 0.1) is 20.8 Å². The predicted molar refractivity (Wildman–Crippen MR) is 89.5 cm³/mol. The van der Waals surface area contributed by atoms with Crippen LogP contribution in [0.3, 0.4) is 0 Å². The lowest BCUT2D eigenvalue weighted by atomic mass is 10.2. The molecule has 0 spiro atoms. The minimum absolute atomic E-state index is 0.136. The van der Waals surface area contributed by atoms with Gasteiger partial charge < -0.3 is 9.42 Å². The van der Waals surface area contributed by atoms with Gasteiger partial charge in [-0.25, -0.2) is 0 Å². The van der Waals surface area contributed by atoms with Gasteiger partial charge in [0, 0.05) is 37.9 Å². The van der Waals surface area contributed by atoms with E-state index in [2.05, 4.69) is 15.2 Å². The fraction of sp³-hybridized carbons (Fsp3) is 0.588. The number of rotatable bonds is 4. The maximum absolute atomic E-state index is 12.7. The van der Waals surface area contributed by atoms with E-state index in [0.717, 1.165) is 55.6 Å². The first-order valence-corrected chi connectivity index (χ1v) is 8.40. The average Bonchev–Trinajstić information content (AvgIpc) is 3.11. The number of amides is 1. The highest BCUT2D eigenvalue weighted by molar-refractivity contribution is 5.80. The van der Waals surface area contributed by atoms with E-state index in [1.807, 2.05) is 49.4 Å². The van der Waals surface area contributed by atoms with Crippen molar-refractivity contribution in [2.75, 3.05) is 26.2 Å². The fourth-order valence-corrected chi connectivity index (χ4v) is 3.24. The van der Waals surface area contributed by atoms with E-state index in [-0.39, 0.29) is 11.9 Å². The Labute approximate surface area is 142 Å². The highest BCUT2D eigenvalue weighted by atomic mass is 16.5. The van der Waals surface area contributed by atoms with Gasteiger partial charge >= 0.3 is 0 Å². The van der Waals surface area contributed by atoms with E-state index in [1.165, 1.54) is 0 Å². The minimum Gasteiger partial charge on any atom is -0.360 e. The quantitative estimate of drug-likeness (QED) is 0.853. The highest BCUT2D eigenvalue weighted by Crippen LogP contribution is 2.16. The van der Waals surface area contributed by atoms with Gasteiger partial charge in [0.15, 0.2) is 5.76 Å². The third kappa shape index (κ3) is 3.51. The van der Waals surface area contributed by atoms with Gasteiger partial charge in [0.2, 0.25) is 5.91 Å². The molecule has 3 rings (SSSR count). The molecule has 7 nitrogen and oxygen atoms in total. The molecule has 0 unspecified atom stereocenters. The van der Waals surface area contributed by atoms with E-state index in [1.54, 1.807) is 0 Å². The van der Waals surface area contributed by atoms with Gasteiger partial charge in [-0.1, -0.05) is 5.16 Å². The summed E-state index contributed by atoms with van der Waals surface area (Å²) >= 11 is 0. The number of aromatic nitrogens is 3. The lowest BCUT2D eigenvalue weighted by Crippen LogP contribution is -2.50. The molecule has 0 bridgehead atoms. The van der Waals surface area contributed by atoms with Crippen LogP contribution in [0.5, 0.6) is 0 Å². The number of carbonyl (C=O) groups excluding carboxylic acids is 1. The molecule has 1 saturated heterocycles. The lowest BCUT2D eigenvalue weighted by Gasteiger charge is -2.35. The molecule has 1 aliphatic heterocycles. The summed E-state index contributed by atoms with van der Waals surface area (Å²) < 4.78 is 7.09. The summed E-state index contributed by atoms with van der Waals surface area (Å²) in [6, 6.07) is 3.70. The Hall–Kier alpha value is -2.15. The van der Waals surface area contributed by atoms with Crippen molar-refractivity contribution in [1.82, 2.24) is 24.7 Å². The Morgan fingerprint density at radius 3 is 2.42 bits per heavy atom. The van der Waals surface area contributed by atoms with E-state index in [4.69, 9.17) is 4.52 Å². The van der Waals surface area contributed by atoms with Crippen molar-refractivity contribution in [3.63, 3.8) is 0 Å². The Morgan fingerprint density at radius 1 is 1.17 bits per heavy atom. The van der Waals surface area contributed by atoms with Crippen LogP contribution >= 0.6 is 0 Å². The molecule has 0 aromatic carbocycles. The van der Waals surface area contributed by atoms with Crippen molar-refractivity contribution in [2.24, 2.45) is 0 Å². The number of piperazine rings is 1. The first-order chi connectivity index (χ1) is 11.4. The Kier molecular flexibility index (Phi) is 4.71. The Morgan fingerprint density at radius 2 is 1.88 bits per heavy atom. The van der Waals surface area contributed by atoms with Crippen LogP contribution in [-0.2, 0) is 11.3 Å². The van der Waals surface area contributed by atoms with Crippen molar-refractivity contribution < 1.29 is 9.32 Å². The molecule has 2 aromatic heterocycles. The maximum Gasteiger partial charge on any atom is 0.247 e. The molecule has 1 atom stereocenters. The summed E-state index contributed by atoms with van der Waals surface area (Å²) in [5.74, 6) is 1.01. The van der Waals surface area contributed by atoms with Gasteiger partial charge in [-0.2, -0.15) is 5.10 Å². The Bertz CT molecular complexity index is 712. The second-order valence-corrected chi connectivity index (χ2v) is 6.58. The van der Waals surface area contributed by atoms with Crippen LogP contribution in [0.1, 0.15) is 35.8 Å². The van der Waals surface area contributed by atoms with Crippen molar-refractivity contribution in [3.05, 3.63) is 35.0 Å².